The molecule has 0 aromatic heterocycles. The van der Waals surface area contributed by atoms with Crippen LogP contribution in [0, 0.1) is 0 Å². The molecule has 0 spiro atoms. The second-order valence-electron chi connectivity index (χ2n) is 2.34. The Bertz CT molecular complexity index is 102. The van der Waals surface area contributed by atoms with Crippen molar-refractivity contribution in [2.75, 3.05) is 6.54 Å². The van der Waals surface area contributed by atoms with Crippen LogP contribution >= 0.6 is 0 Å². The first-order valence-electron chi connectivity index (χ1n) is 3.61. The predicted octanol–water partition coefficient (Wildman–Crippen LogP) is 0.283. The first kappa shape index (κ1) is 9.43. The number of amides is 1. The maximum absolute atomic E-state index is 10.6. The number of carbonyl (C=O) groups excluding carboxylic acids is 1. The van der Waals surface area contributed by atoms with Gasteiger partial charge in [-0.05, 0) is 13.3 Å². The van der Waals surface area contributed by atoms with Crippen molar-refractivity contribution >= 4 is 5.91 Å². The van der Waals surface area contributed by atoms with Crippen LogP contribution in [0.4, 0.5) is 0 Å². The molecule has 3 heteroatoms. The van der Waals surface area contributed by atoms with Crippen molar-refractivity contribution < 1.29 is 9.90 Å². The van der Waals surface area contributed by atoms with Gasteiger partial charge in [-0.25, -0.2) is 0 Å². The summed E-state index contributed by atoms with van der Waals surface area (Å²) in [5, 5.41) is 11.5. The van der Waals surface area contributed by atoms with Gasteiger partial charge in [0.15, 0.2) is 0 Å². The Morgan fingerprint density at radius 1 is 1.70 bits per heavy atom. The van der Waals surface area contributed by atoms with Crippen LogP contribution in [-0.4, -0.2) is 23.7 Å². The minimum Gasteiger partial charge on any atom is -0.393 e. The average molecular weight is 145 g/mol. The third kappa shape index (κ3) is 5.56. The van der Waals surface area contributed by atoms with Gasteiger partial charge < -0.3 is 10.4 Å². The molecule has 0 aliphatic heterocycles. The van der Waals surface area contributed by atoms with E-state index in [-0.39, 0.29) is 12.0 Å². The Morgan fingerprint density at radius 3 is 2.70 bits per heavy atom. The molecule has 2 N–H and O–H groups in total. The molecular weight excluding hydrogens is 130 g/mol. The Morgan fingerprint density at radius 2 is 2.30 bits per heavy atom. The second-order valence-corrected chi connectivity index (χ2v) is 2.34. The Kier molecular flexibility index (Phi) is 4.94. The Hall–Kier alpha value is -0.570. The molecule has 60 valence electrons. The Labute approximate surface area is 61.4 Å². The van der Waals surface area contributed by atoms with Crippen molar-refractivity contribution in [3.63, 3.8) is 0 Å². The molecule has 0 saturated carbocycles. The summed E-state index contributed by atoms with van der Waals surface area (Å²) in [7, 11) is 0. The summed E-state index contributed by atoms with van der Waals surface area (Å²) in [6, 6.07) is 0. The van der Waals surface area contributed by atoms with E-state index in [1.807, 2.05) is 0 Å². The molecule has 0 aliphatic carbocycles. The number of carbonyl (C=O) groups is 1. The number of aliphatic hydroxyl groups is 1. The van der Waals surface area contributed by atoms with Gasteiger partial charge in [-0.2, -0.15) is 0 Å². The highest BCUT2D eigenvalue weighted by molar-refractivity contribution is 5.75. The van der Waals surface area contributed by atoms with Gasteiger partial charge in [0, 0.05) is 13.0 Å². The monoisotopic (exact) mass is 145 g/mol. The van der Waals surface area contributed by atoms with E-state index in [1.165, 1.54) is 0 Å². The van der Waals surface area contributed by atoms with E-state index in [9.17, 15) is 4.79 Å². The van der Waals surface area contributed by atoms with Crippen LogP contribution in [0.5, 0.6) is 0 Å². The van der Waals surface area contributed by atoms with Crippen molar-refractivity contribution in [2.45, 2.75) is 32.8 Å². The number of rotatable bonds is 4. The lowest BCUT2D eigenvalue weighted by Gasteiger charge is -2.04. The normalized spacial score (nSPS) is 12.7. The van der Waals surface area contributed by atoms with E-state index in [4.69, 9.17) is 5.11 Å². The van der Waals surface area contributed by atoms with Crippen molar-refractivity contribution in [1.82, 2.24) is 5.32 Å². The first-order chi connectivity index (χ1) is 4.66. The molecule has 0 heterocycles. The summed E-state index contributed by atoms with van der Waals surface area (Å²) in [6.45, 7) is 4.08. The summed E-state index contributed by atoms with van der Waals surface area (Å²) < 4.78 is 0. The van der Waals surface area contributed by atoms with Gasteiger partial charge in [0.05, 0.1) is 6.10 Å². The van der Waals surface area contributed by atoms with E-state index in [0.29, 0.717) is 19.4 Å². The zero-order valence-corrected chi connectivity index (χ0v) is 6.55. The number of aliphatic hydroxyl groups excluding tert-OH is 1. The van der Waals surface area contributed by atoms with Crippen molar-refractivity contribution in [3.05, 3.63) is 0 Å². The van der Waals surface area contributed by atoms with E-state index < -0.39 is 0 Å². The van der Waals surface area contributed by atoms with Crippen LogP contribution in [0.1, 0.15) is 26.7 Å². The minimum absolute atomic E-state index is 0.0423. The highest BCUT2D eigenvalue weighted by atomic mass is 16.3. The fourth-order valence-electron chi connectivity index (χ4n) is 0.545. The van der Waals surface area contributed by atoms with Crippen molar-refractivity contribution in [2.24, 2.45) is 0 Å². The van der Waals surface area contributed by atoms with Crippen LogP contribution in [0.2, 0.25) is 0 Å². The number of hydrogen-bond acceptors (Lipinski definition) is 2. The average Bonchev–Trinajstić information content (AvgIpc) is 1.87. The molecule has 10 heavy (non-hydrogen) atoms. The molecule has 0 aromatic rings. The van der Waals surface area contributed by atoms with Crippen molar-refractivity contribution in [1.29, 1.82) is 0 Å². The maximum Gasteiger partial charge on any atom is 0.219 e. The summed E-state index contributed by atoms with van der Waals surface area (Å²) >= 11 is 0. The highest BCUT2D eigenvalue weighted by Crippen LogP contribution is 1.86. The molecule has 0 aromatic carbocycles. The van der Waals surface area contributed by atoms with Crippen molar-refractivity contribution in [3.8, 4) is 0 Å². The molecule has 0 saturated heterocycles. The standard InChI is InChI=1S/C7H15NO2/c1-3-7(10)8-5-4-6(2)9/h6,9H,3-5H2,1-2H3,(H,8,10). The van der Waals surface area contributed by atoms with Gasteiger partial charge in [0.25, 0.3) is 0 Å². The third-order valence-electron chi connectivity index (χ3n) is 1.21. The van der Waals surface area contributed by atoms with Crippen LogP contribution in [-0.2, 0) is 4.79 Å². The van der Waals surface area contributed by atoms with Crippen LogP contribution in [0.25, 0.3) is 0 Å². The van der Waals surface area contributed by atoms with Crippen LogP contribution in [0.15, 0.2) is 0 Å². The fraction of sp³-hybridized carbons (Fsp3) is 0.857. The lowest BCUT2D eigenvalue weighted by molar-refractivity contribution is -0.120. The Balaban J connectivity index is 3.12. The highest BCUT2D eigenvalue weighted by Gasteiger charge is 1.97. The summed E-state index contributed by atoms with van der Waals surface area (Å²) in [5.41, 5.74) is 0. The molecular formula is C7H15NO2. The molecule has 0 radical (unpaired) electrons. The first-order valence-corrected chi connectivity index (χ1v) is 3.61. The van der Waals surface area contributed by atoms with E-state index in [2.05, 4.69) is 5.32 Å². The fourth-order valence-corrected chi connectivity index (χ4v) is 0.545. The van der Waals surface area contributed by atoms with Gasteiger partial charge in [-0.15, -0.1) is 0 Å². The van der Waals surface area contributed by atoms with Gasteiger partial charge in [-0.1, -0.05) is 6.92 Å². The molecule has 1 atom stereocenters. The summed E-state index contributed by atoms with van der Waals surface area (Å²) in [4.78, 5) is 10.6. The zero-order valence-electron chi connectivity index (χ0n) is 6.55. The topological polar surface area (TPSA) is 49.3 Å². The number of hydrogen-bond donors (Lipinski definition) is 2. The molecule has 0 aliphatic rings. The molecule has 0 bridgehead atoms. The third-order valence-corrected chi connectivity index (χ3v) is 1.21. The van der Waals surface area contributed by atoms with Gasteiger partial charge >= 0.3 is 0 Å². The molecule has 1 amide bonds. The van der Waals surface area contributed by atoms with E-state index >= 15 is 0 Å². The molecule has 1 unspecified atom stereocenters. The summed E-state index contributed by atoms with van der Waals surface area (Å²) in [6.07, 6.45) is 0.822. The van der Waals surface area contributed by atoms with E-state index in [1.54, 1.807) is 13.8 Å². The molecule has 3 nitrogen and oxygen atoms in total. The van der Waals surface area contributed by atoms with Gasteiger partial charge in [0.2, 0.25) is 5.91 Å². The van der Waals surface area contributed by atoms with E-state index in [0.717, 1.165) is 0 Å². The molecule has 0 fully saturated rings. The van der Waals surface area contributed by atoms with Gasteiger partial charge in [0.1, 0.15) is 0 Å². The maximum atomic E-state index is 10.6. The van der Waals surface area contributed by atoms with Crippen LogP contribution in [0.3, 0.4) is 0 Å². The lowest BCUT2D eigenvalue weighted by atomic mass is 10.3. The SMILES string of the molecule is CCC(=O)NCCC(C)O. The quantitative estimate of drug-likeness (QED) is 0.597. The zero-order chi connectivity index (χ0) is 7.98. The summed E-state index contributed by atoms with van der Waals surface area (Å²) in [5.74, 6) is 0.0423. The lowest BCUT2D eigenvalue weighted by Crippen LogP contribution is -2.25. The largest absolute Gasteiger partial charge is 0.393 e. The molecule has 0 rings (SSSR count). The predicted molar refractivity (Wildman–Crippen MR) is 39.6 cm³/mol. The smallest absolute Gasteiger partial charge is 0.219 e. The second kappa shape index (κ2) is 5.23. The number of nitrogens with one attached hydrogen (secondary N) is 1. The van der Waals surface area contributed by atoms with Crippen LogP contribution < -0.4 is 5.32 Å². The minimum atomic E-state index is -0.322. The van der Waals surface area contributed by atoms with Gasteiger partial charge in [-0.3, -0.25) is 4.79 Å².